The SMILES string of the molecule is COc1cccc(CCC(=O)NCc2ccc3oc(=O)n(C)c3c2)c1. The highest BCUT2D eigenvalue weighted by Crippen LogP contribution is 2.15. The van der Waals surface area contributed by atoms with Crippen LogP contribution in [0.15, 0.2) is 51.7 Å². The maximum Gasteiger partial charge on any atom is 0.419 e. The molecule has 0 aliphatic rings. The number of hydrogen-bond donors (Lipinski definition) is 1. The molecule has 2 aromatic carbocycles. The minimum absolute atomic E-state index is 0.0241. The van der Waals surface area contributed by atoms with Crippen LogP contribution in [0, 0.1) is 0 Å². The lowest BCUT2D eigenvalue weighted by Gasteiger charge is -2.07. The summed E-state index contributed by atoms with van der Waals surface area (Å²) in [7, 11) is 3.28. The van der Waals surface area contributed by atoms with E-state index in [9.17, 15) is 9.59 Å². The fourth-order valence-corrected chi connectivity index (χ4v) is 2.66. The summed E-state index contributed by atoms with van der Waals surface area (Å²) in [6, 6.07) is 13.1. The Morgan fingerprint density at radius 3 is 2.84 bits per heavy atom. The number of nitrogens with one attached hydrogen (secondary N) is 1. The molecule has 6 heteroatoms. The largest absolute Gasteiger partial charge is 0.497 e. The van der Waals surface area contributed by atoms with Crippen molar-refractivity contribution in [2.24, 2.45) is 7.05 Å². The molecule has 1 amide bonds. The Balaban J connectivity index is 1.56. The standard InChI is InChI=1S/C19H20N2O4/c1-21-16-11-14(6-8-17(16)25-19(21)23)12-20-18(22)9-7-13-4-3-5-15(10-13)24-2/h3-6,8,10-11H,7,9,12H2,1-2H3,(H,20,22). The van der Waals surface area contributed by atoms with Gasteiger partial charge in [-0.05, 0) is 41.8 Å². The van der Waals surface area contributed by atoms with E-state index in [4.69, 9.17) is 9.15 Å². The molecule has 25 heavy (non-hydrogen) atoms. The first kappa shape index (κ1) is 16.8. The van der Waals surface area contributed by atoms with Gasteiger partial charge in [0.25, 0.3) is 0 Å². The average molecular weight is 340 g/mol. The summed E-state index contributed by atoms with van der Waals surface area (Å²) in [5.74, 6) is 0.371. The molecule has 0 bridgehead atoms. The van der Waals surface area contributed by atoms with Crippen molar-refractivity contribution >= 4 is 17.0 Å². The van der Waals surface area contributed by atoms with E-state index in [1.54, 1.807) is 20.2 Å². The normalized spacial score (nSPS) is 10.8. The van der Waals surface area contributed by atoms with Crippen LogP contribution in [0.25, 0.3) is 11.1 Å². The number of ether oxygens (including phenoxy) is 1. The van der Waals surface area contributed by atoms with Gasteiger partial charge in [0.2, 0.25) is 5.91 Å². The van der Waals surface area contributed by atoms with Crippen LogP contribution >= 0.6 is 0 Å². The van der Waals surface area contributed by atoms with Crippen molar-refractivity contribution in [1.82, 2.24) is 9.88 Å². The number of nitrogens with zero attached hydrogens (tertiary/aromatic N) is 1. The molecule has 0 unspecified atom stereocenters. The lowest BCUT2D eigenvalue weighted by atomic mass is 10.1. The van der Waals surface area contributed by atoms with Crippen LogP contribution in [-0.4, -0.2) is 17.6 Å². The summed E-state index contributed by atoms with van der Waals surface area (Å²) in [6.07, 6.45) is 1.05. The zero-order valence-electron chi connectivity index (χ0n) is 14.2. The Morgan fingerprint density at radius 1 is 1.20 bits per heavy atom. The number of benzene rings is 2. The topological polar surface area (TPSA) is 73.5 Å². The maximum atomic E-state index is 12.1. The lowest BCUT2D eigenvalue weighted by molar-refractivity contribution is -0.121. The molecule has 0 radical (unpaired) electrons. The first-order valence-electron chi connectivity index (χ1n) is 8.05. The summed E-state index contributed by atoms with van der Waals surface area (Å²) >= 11 is 0. The van der Waals surface area contributed by atoms with Crippen molar-refractivity contribution in [2.45, 2.75) is 19.4 Å². The summed E-state index contributed by atoms with van der Waals surface area (Å²) in [5, 5.41) is 2.90. The van der Waals surface area contributed by atoms with Gasteiger partial charge in [-0.25, -0.2) is 4.79 Å². The van der Waals surface area contributed by atoms with Gasteiger partial charge in [-0.1, -0.05) is 18.2 Å². The van der Waals surface area contributed by atoms with Crippen LogP contribution in [0.3, 0.4) is 0 Å². The minimum atomic E-state index is -0.394. The highest BCUT2D eigenvalue weighted by Gasteiger charge is 2.08. The molecule has 0 fully saturated rings. The van der Waals surface area contributed by atoms with Crippen LogP contribution in [0.1, 0.15) is 17.5 Å². The molecule has 1 heterocycles. The van der Waals surface area contributed by atoms with Gasteiger partial charge in [0, 0.05) is 20.0 Å². The smallest absolute Gasteiger partial charge is 0.419 e. The third kappa shape index (κ3) is 3.91. The highest BCUT2D eigenvalue weighted by atomic mass is 16.5. The number of amides is 1. The van der Waals surface area contributed by atoms with Crippen molar-refractivity contribution in [3.8, 4) is 5.75 Å². The van der Waals surface area contributed by atoms with Crippen LogP contribution in [0.2, 0.25) is 0 Å². The van der Waals surface area contributed by atoms with Gasteiger partial charge in [0.15, 0.2) is 5.58 Å². The first-order chi connectivity index (χ1) is 12.1. The number of carbonyl (C=O) groups is 1. The minimum Gasteiger partial charge on any atom is -0.497 e. The molecule has 0 spiro atoms. The maximum absolute atomic E-state index is 12.1. The van der Waals surface area contributed by atoms with E-state index < -0.39 is 5.76 Å². The van der Waals surface area contributed by atoms with E-state index in [1.165, 1.54) is 4.57 Å². The zero-order chi connectivity index (χ0) is 17.8. The second-order valence-corrected chi connectivity index (χ2v) is 5.86. The molecule has 0 saturated carbocycles. The number of carbonyl (C=O) groups excluding carboxylic acids is 1. The van der Waals surface area contributed by atoms with Crippen molar-refractivity contribution < 1.29 is 13.9 Å². The molecule has 0 saturated heterocycles. The van der Waals surface area contributed by atoms with Gasteiger partial charge in [-0.3, -0.25) is 9.36 Å². The van der Waals surface area contributed by atoms with Gasteiger partial charge in [-0.2, -0.15) is 0 Å². The van der Waals surface area contributed by atoms with Gasteiger partial charge in [0.1, 0.15) is 5.75 Å². The number of fused-ring (bicyclic) bond motifs is 1. The number of methoxy groups -OCH3 is 1. The molecule has 0 atom stereocenters. The summed E-state index contributed by atoms with van der Waals surface area (Å²) in [5.41, 5.74) is 3.23. The molecule has 1 N–H and O–H groups in total. The second kappa shape index (κ2) is 7.25. The van der Waals surface area contributed by atoms with Crippen LogP contribution in [0.5, 0.6) is 5.75 Å². The number of hydrogen-bond acceptors (Lipinski definition) is 4. The van der Waals surface area contributed by atoms with Crippen molar-refractivity contribution in [3.05, 3.63) is 64.1 Å². The second-order valence-electron chi connectivity index (χ2n) is 5.86. The van der Waals surface area contributed by atoms with Crippen molar-refractivity contribution in [2.75, 3.05) is 7.11 Å². The number of aryl methyl sites for hydroxylation is 2. The average Bonchev–Trinajstić information content (AvgIpc) is 2.92. The fourth-order valence-electron chi connectivity index (χ4n) is 2.66. The molecule has 1 aromatic heterocycles. The number of oxazole rings is 1. The number of aromatic nitrogens is 1. The third-order valence-electron chi connectivity index (χ3n) is 4.12. The predicted molar refractivity (Wildman–Crippen MR) is 94.6 cm³/mol. The van der Waals surface area contributed by atoms with Gasteiger partial charge >= 0.3 is 5.76 Å². The Labute approximate surface area is 145 Å². The molecule has 3 aromatic rings. The molecule has 3 rings (SSSR count). The Kier molecular flexibility index (Phi) is 4.88. The highest BCUT2D eigenvalue weighted by molar-refractivity contribution is 5.77. The molecular weight excluding hydrogens is 320 g/mol. The summed E-state index contributed by atoms with van der Waals surface area (Å²) in [6.45, 7) is 0.409. The number of rotatable bonds is 6. The van der Waals surface area contributed by atoms with E-state index in [1.807, 2.05) is 36.4 Å². The van der Waals surface area contributed by atoms with Gasteiger partial charge in [-0.15, -0.1) is 0 Å². The van der Waals surface area contributed by atoms with E-state index in [0.717, 1.165) is 16.9 Å². The summed E-state index contributed by atoms with van der Waals surface area (Å²) in [4.78, 5) is 23.6. The van der Waals surface area contributed by atoms with Crippen molar-refractivity contribution in [3.63, 3.8) is 0 Å². The van der Waals surface area contributed by atoms with E-state index in [-0.39, 0.29) is 5.91 Å². The molecule has 0 aliphatic carbocycles. The third-order valence-corrected chi connectivity index (χ3v) is 4.12. The quantitative estimate of drug-likeness (QED) is 0.748. The molecule has 130 valence electrons. The zero-order valence-corrected chi connectivity index (χ0v) is 14.2. The van der Waals surface area contributed by atoms with Crippen molar-refractivity contribution in [1.29, 1.82) is 0 Å². The molecular formula is C19H20N2O4. The van der Waals surface area contributed by atoms with Gasteiger partial charge in [0.05, 0.1) is 12.6 Å². The van der Waals surface area contributed by atoms with Crippen LogP contribution in [0.4, 0.5) is 0 Å². The summed E-state index contributed by atoms with van der Waals surface area (Å²) < 4.78 is 11.7. The van der Waals surface area contributed by atoms with Crippen LogP contribution in [-0.2, 0) is 24.8 Å². The van der Waals surface area contributed by atoms with Crippen LogP contribution < -0.4 is 15.8 Å². The van der Waals surface area contributed by atoms with Gasteiger partial charge < -0.3 is 14.5 Å². The fraction of sp³-hybridized carbons (Fsp3) is 0.263. The van der Waals surface area contributed by atoms with E-state index in [2.05, 4.69) is 5.32 Å². The Morgan fingerprint density at radius 2 is 2.04 bits per heavy atom. The predicted octanol–water partition coefficient (Wildman–Crippen LogP) is 2.39. The molecule has 6 nitrogen and oxygen atoms in total. The first-order valence-corrected chi connectivity index (χ1v) is 8.05. The Bertz CT molecular complexity index is 955. The Hall–Kier alpha value is -3.02. The lowest BCUT2D eigenvalue weighted by Crippen LogP contribution is -2.23. The molecule has 0 aliphatic heterocycles. The monoisotopic (exact) mass is 340 g/mol. The van der Waals surface area contributed by atoms with E-state index in [0.29, 0.717) is 30.5 Å². The van der Waals surface area contributed by atoms with E-state index >= 15 is 0 Å².